The first-order chi connectivity index (χ1) is 15.9. The number of piperidine rings is 1. The number of carbonyl (C=O) groups excluding carboxylic acids is 1. The lowest BCUT2D eigenvalue weighted by Gasteiger charge is -2.32. The lowest BCUT2D eigenvalue weighted by Crippen LogP contribution is -2.35. The number of carbonyl (C=O) groups is 2. The predicted octanol–water partition coefficient (Wildman–Crippen LogP) is 2.76. The Bertz CT molecular complexity index is 1140. The van der Waals surface area contributed by atoms with E-state index in [1.165, 1.54) is 0 Å². The average Bonchev–Trinajstić information content (AvgIpc) is 3.31. The van der Waals surface area contributed by atoms with Gasteiger partial charge in [-0.25, -0.2) is 9.97 Å². The highest BCUT2D eigenvalue weighted by Gasteiger charge is 2.24. The van der Waals surface area contributed by atoms with Gasteiger partial charge in [-0.3, -0.25) is 9.59 Å². The summed E-state index contributed by atoms with van der Waals surface area (Å²) in [5, 5.41) is 21.2. The summed E-state index contributed by atoms with van der Waals surface area (Å²) in [7, 11) is 0. The van der Waals surface area contributed by atoms with Gasteiger partial charge in [0.15, 0.2) is 11.4 Å². The van der Waals surface area contributed by atoms with Crippen molar-refractivity contribution in [3.63, 3.8) is 0 Å². The molecule has 9 heteroatoms. The molecule has 3 heterocycles. The first-order valence-corrected chi connectivity index (χ1v) is 11.0. The van der Waals surface area contributed by atoms with Gasteiger partial charge in [-0.15, -0.1) is 0 Å². The van der Waals surface area contributed by atoms with Gasteiger partial charge >= 0.3 is 5.97 Å². The fourth-order valence-corrected chi connectivity index (χ4v) is 4.10. The molecule has 0 unspecified atom stereocenters. The van der Waals surface area contributed by atoms with Crippen molar-refractivity contribution in [2.24, 2.45) is 5.92 Å². The number of anilines is 1. The monoisotopic (exact) mass is 449 g/mol. The summed E-state index contributed by atoms with van der Waals surface area (Å²) >= 11 is 0. The number of aromatic nitrogens is 3. The normalized spacial score (nSPS) is 14.3. The fourth-order valence-electron chi connectivity index (χ4n) is 4.10. The van der Waals surface area contributed by atoms with Gasteiger partial charge in [0.2, 0.25) is 0 Å². The number of carboxylic acid groups (broad SMARTS) is 1. The van der Waals surface area contributed by atoms with E-state index in [0.717, 1.165) is 43.0 Å². The number of benzene rings is 1. The number of aliphatic carboxylic acids is 1. The van der Waals surface area contributed by atoms with Crippen LogP contribution in [0.1, 0.15) is 34.8 Å². The lowest BCUT2D eigenvalue weighted by atomic mass is 9.93. The minimum atomic E-state index is -1.17. The molecule has 3 aromatic rings. The first-order valence-electron chi connectivity index (χ1n) is 11.0. The number of amides is 1. The summed E-state index contributed by atoms with van der Waals surface area (Å²) in [6.45, 7) is 2.84. The molecule has 1 aliphatic rings. The maximum Gasteiger partial charge on any atom is 0.322 e. The number of nitrogens with zero attached hydrogens (tertiary/aromatic N) is 3. The average molecular weight is 450 g/mol. The van der Waals surface area contributed by atoms with Crippen molar-refractivity contribution in [2.45, 2.75) is 26.2 Å². The first kappa shape index (κ1) is 22.3. The van der Waals surface area contributed by atoms with E-state index in [0.29, 0.717) is 23.9 Å². The van der Waals surface area contributed by atoms with Gasteiger partial charge in [0.05, 0.1) is 5.69 Å². The summed E-state index contributed by atoms with van der Waals surface area (Å²) in [5.41, 5.74) is 2.37. The number of nitrogens with one attached hydrogen (secondary N) is 2. The number of H-pyrrole nitrogens is 1. The molecule has 1 saturated heterocycles. The molecule has 0 aliphatic carbocycles. The van der Waals surface area contributed by atoms with Crippen molar-refractivity contribution < 1.29 is 19.8 Å². The van der Waals surface area contributed by atoms with Crippen LogP contribution in [0.2, 0.25) is 0 Å². The topological polar surface area (TPSA) is 131 Å². The van der Waals surface area contributed by atoms with Crippen LogP contribution in [0.4, 0.5) is 5.82 Å². The molecule has 9 nitrogen and oxygen atoms in total. The Morgan fingerprint density at radius 2 is 1.85 bits per heavy atom. The van der Waals surface area contributed by atoms with Crippen LogP contribution in [0.25, 0.3) is 11.3 Å². The maximum absolute atomic E-state index is 12.2. The number of aromatic amines is 1. The van der Waals surface area contributed by atoms with Crippen molar-refractivity contribution >= 4 is 17.7 Å². The number of aryl methyl sites for hydroxylation is 1. The summed E-state index contributed by atoms with van der Waals surface area (Å²) < 4.78 is 0. The Labute approximate surface area is 191 Å². The van der Waals surface area contributed by atoms with Gasteiger partial charge in [0.1, 0.15) is 18.2 Å². The van der Waals surface area contributed by atoms with Crippen LogP contribution in [-0.4, -0.2) is 56.7 Å². The molecule has 4 rings (SSSR count). The zero-order chi connectivity index (χ0) is 23.4. The summed E-state index contributed by atoms with van der Waals surface area (Å²) in [6.07, 6.45) is 2.49. The van der Waals surface area contributed by atoms with Crippen LogP contribution in [0.15, 0.2) is 42.5 Å². The van der Waals surface area contributed by atoms with Crippen molar-refractivity contribution in [2.75, 3.05) is 24.5 Å². The highest BCUT2D eigenvalue weighted by molar-refractivity contribution is 5.96. The number of hydrogen-bond donors (Lipinski definition) is 4. The maximum atomic E-state index is 12.2. The van der Waals surface area contributed by atoms with Crippen molar-refractivity contribution in [1.29, 1.82) is 0 Å². The Hall–Kier alpha value is -3.88. The largest absolute Gasteiger partial charge is 0.504 e. The second-order valence-corrected chi connectivity index (χ2v) is 8.26. The van der Waals surface area contributed by atoms with Gasteiger partial charge in [-0.2, -0.15) is 0 Å². The third kappa shape index (κ3) is 5.31. The second kappa shape index (κ2) is 9.72. The van der Waals surface area contributed by atoms with E-state index in [9.17, 15) is 14.7 Å². The van der Waals surface area contributed by atoms with E-state index in [2.05, 4.69) is 49.4 Å². The SMILES string of the molecule is Cc1nc(CC2CCN(c3ccc(-c4ccccc4)[nH]3)CC2)nc(C(=O)NCC(=O)O)c1O. The molecule has 0 saturated carbocycles. The Morgan fingerprint density at radius 1 is 1.12 bits per heavy atom. The Balaban J connectivity index is 1.38. The summed E-state index contributed by atoms with van der Waals surface area (Å²) in [5.74, 6) is -0.283. The number of carboxylic acids is 1. The van der Waals surface area contributed by atoms with Crippen molar-refractivity contribution in [1.82, 2.24) is 20.3 Å². The van der Waals surface area contributed by atoms with E-state index in [4.69, 9.17) is 5.11 Å². The Morgan fingerprint density at radius 3 is 2.55 bits per heavy atom. The molecule has 172 valence electrons. The number of hydrogen-bond acceptors (Lipinski definition) is 6. The standard InChI is InChI=1S/C24H27N5O4/c1-15-23(32)22(24(33)25-14-21(30)31)28-19(26-15)13-16-9-11-29(12-10-16)20-8-7-18(27-20)17-5-3-2-4-6-17/h2-8,16,27,32H,9-14H2,1H3,(H,25,33)(H,30,31). The zero-order valence-electron chi connectivity index (χ0n) is 18.4. The summed E-state index contributed by atoms with van der Waals surface area (Å²) in [4.78, 5) is 37.3. The molecule has 0 atom stereocenters. The van der Waals surface area contributed by atoms with Gasteiger partial charge in [-0.05, 0) is 43.4 Å². The molecule has 33 heavy (non-hydrogen) atoms. The van der Waals surface area contributed by atoms with E-state index in [1.807, 2.05) is 18.2 Å². The van der Waals surface area contributed by atoms with Crippen LogP contribution in [0.3, 0.4) is 0 Å². The van der Waals surface area contributed by atoms with Crippen molar-refractivity contribution in [3.8, 4) is 17.0 Å². The molecule has 1 aromatic carbocycles. The van der Waals surface area contributed by atoms with Gasteiger partial charge < -0.3 is 25.4 Å². The van der Waals surface area contributed by atoms with Crippen LogP contribution in [0.5, 0.6) is 5.75 Å². The van der Waals surface area contributed by atoms with Gasteiger partial charge in [0, 0.05) is 25.2 Å². The quantitative estimate of drug-likeness (QED) is 0.436. The van der Waals surface area contributed by atoms with Crippen LogP contribution >= 0.6 is 0 Å². The minimum absolute atomic E-state index is 0.184. The van der Waals surface area contributed by atoms with Crippen molar-refractivity contribution in [3.05, 3.63) is 59.7 Å². The Kier molecular flexibility index (Phi) is 6.58. The molecule has 1 fully saturated rings. The second-order valence-electron chi connectivity index (χ2n) is 8.26. The highest BCUT2D eigenvalue weighted by atomic mass is 16.4. The van der Waals surface area contributed by atoms with E-state index < -0.39 is 18.4 Å². The zero-order valence-corrected chi connectivity index (χ0v) is 18.4. The van der Waals surface area contributed by atoms with E-state index >= 15 is 0 Å². The minimum Gasteiger partial charge on any atom is -0.504 e. The number of rotatable bonds is 7. The number of aromatic hydroxyl groups is 1. The van der Waals surface area contributed by atoms with E-state index in [1.54, 1.807) is 6.92 Å². The molecular formula is C24H27N5O4. The molecule has 0 bridgehead atoms. The smallest absolute Gasteiger partial charge is 0.322 e. The van der Waals surface area contributed by atoms with E-state index in [-0.39, 0.29) is 11.4 Å². The molecular weight excluding hydrogens is 422 g/mol. The summed E-state index contributed by atoms with van der Waals surface area (Å²) in [6, 6.07) is 14.4. The van der Waals surface area contributed by atoms with Crippen LogP contribution < -0.4 is 10.2 Å². The molecule has 2 aromatic heterocycles. The third-order valence-corrected chi connectivity index (χ3v) is 5.90. The predicted molar refractivity (Wildman–Crippen MR) is 123 cm³/mol. The van der Waals surface area contributed by atoms with Gasteiger partial charge in [0.25, 0.3) is 5.91 Å². The molecule has 1 amide bonds. The van der Waals surface area contributed by atoms with Crippen LogP contribution in [-0.2, 0) is 11.2 Å². The molecule has 0 radical (unpaired) electrons. The fraction of sp³-hybridized carbons (Fsp3) is 0.333. The molecule has 0 spiro atoms. The molecule has 1 aliphatic heterocycles. The third-order valence-electron chi connectivity index (χ3n) is 5.90. The lowest BCUT2D eigenvalue weighted by molar-refractivity contribution is -0.135. The highest BCUT2D eigenvalue weighted by Crippen LogP contribution is 2.28. The van der Waals surface area contributed by atoms with Gasteiger partial charge in [-0.1, -0.05) is 30.3 Å². The van der Waals surface area contributed by atoms with Crippen LogP contribution in [0, 0.1) is 12.8 Å². The molecule has 4 N–H and O–H groups in total.